The molecule has 1 aromatic carbocycles. The number of carbonyl (C=O) groups excluding carboxylic acids is 1. The molecule has 1 atom stereocenters. The number of nitrogens with two attached hydrogens (primary N) is 1. The molecule has 1 aliphatic rings. The molecule has 0 bridgehead atoms. The van der Waals surface area contributed by atoms with E-state index in [4.69, 9.17) is 10.3 Å². The van der Waals surface area contributed by atoms with E-state index >= 15 is 0 Å². The summed E-state index contributed by atoms with van der Waals surface area (Å²) in [5.74, 6) is 0.179. The molecule has 146 valence electrons. The van der Waals surface area contributed by atoms with Gasteiger partial charge in [-0.25, -0.2) is 0 Å². The highest BCUT2D eigenvalue weighted by atomic mass is 19.4. The molecular formula is C18H21F3N4O2. The van der Waals surface area contributed by atoms with E-state index in [0.717, 1.165) is 37.9 Å². The van der Waals surface area contributed by atoms with Crippen molar-refractivity contribution < 1.29 is 22.5 Å². The third-order valence-corrected chi connectivity index (χ3v) is 4.69. The number of hydrogen-bond acceptors (Lipinski definition) is 5. The van der Waals surface area contributed by atoms with Gasteiger partial charge in [0.1, 0.15) is 0 Å². The predicted octanol–water partition coefficient (Wildman–Crippen LogP) is 3.03. The maximum atomic E-state index is 12.8. The van der Waals surface area contributed by atoms with Gasteiger partial charge in [-0.15, -0.1) is 0 Å². The van der Waals surface area contributed by atoms with Gasteiger partial charge in [0.25, 0.3) is 0 Å². The van der Waals surface area contributed by atoms with Gasteiger partial charge in [0.15, 0.2) is 0 Å². The lowest BCUT2D eigenvalue weighted by Gasteiger charge is -2.33. The number of benzene rings is 1. The van der Waals surface area contributed by atoms with Crippen molar-refractivity contribution in [3.63, 3.8) is 0 Å². The molecule has 2 aromatic rings. The zero-order chi connectivity index (χ0) is 19.4. The third kappa shape index (κ3) is 4.85. The minimum atomic E-state index is -4.42. The highest BCUT2D eigenvalue weighted by Gasteiger charge is 2.31. The van der Waals surface area contributed by atoms with Gasteiger partial charge in [0, 0.05) is 12.0 Å². The van der Waals surface area contributed by atoms with Gasteiger partial charge in [-0.1, -0.05) is 23.7 Å². The Balaban J connectivity index is 1.59. The summed E-state index contributed by atoms with van der Waals surface area (Å²) >= 11 is 0. The number of aryl methyl sites for hydroxylation is 1. The van der Waals surface area contributed by atoms with Crippen molar-refractivity contribution in [3.8, 4) is 11.4 Å². The first-order valence-corrected chi connectivity index (χ1v) is 8.88. The standard InChI is InChI=1S/C18H21F3N4O2/c19-18(20,21)13-6-3-5-12(11-13)17-23-15(27-24-17)8-4-10-25-9-2-1-7-14(25)16(22)26/h3,5-6,11,14H,1-2,4,7-10H2,(H2,22,26). The number of halogens is 3. The van der Waals surface area contributed by atoms with Crippen molar-refractivity contribution in [2.24, 2.45) is 5.73 Å². The van der Waals surface area contributed by atoms with Crippen LogP contribution in [-0.2, 0) is 17.4 Å². The molecule has 9 heteroatoms. The molecule has 0 spiro atoms. The van der Waals surface area contributed by atoms with Crippen LogP contribution in [0, 0.1) is 0 Å². The van der Waals surface area contributed by atoms with Crippen molar-refractivity contribution in [2.75, 3.05) is 13.1 Å². The molecular weight excluding hydrogens is 361 g/mol. The fourth-order valence-electron chi connectivity index (χ4n) is 3.32. The lowest BCUT2D eigenvalue weighted by molar-refractivity contribution is -0.137. The summed E-state index contributed by atoms with van der Waals surface area (Å²) in [6.07, 6.45) is -0.455. The Kier molecular flexibility index (Phi) is 5.79. The predicted molar refractivity (Wildman–Crippen MR) is 91.5 cm³/mol. The Morgan fingerprint density at radius 2 is 2.15 bits per heavy atom. The zero-order valence-corrected chi connectivity index (χ0v) is 14.7. The summed E-state index contributed by atoms with van der Waals surface area (Å²) in [6.45, 7) is 1.50. The Bertz CT molecular complexity index is 791. The van der Waals surface area contributed by atoms with Crippen LogP contribution in [0.4, 0.5) is 13.2 Å². The van der Waals surface area contributed by atoms with E-state index < -0.39 is 11.7 Å². The lowest BCUT2D eigenvalue weighted by Crippen LogP contribution is -2.48. The van der Waals surface area contributed by atoms with Crippen molar-refractivity contribution in [1.82, 2.24) is 15.0 Å². The second-order valence-corrected chi connectivity index (χ2v) is 6.64. The Morgan fingerprint density at radius 3 is 2.89 bits per heavy atom. The van der Waals surface area contributed by atoms with Crippen LogP contribution in [0.25, 0.3) is 11.4 Å². The van der Waals surface area contributed by atoms with E-state index in [1.807, 2.05) is 0 Å². The number of carbonyl (C=O) groups is 1. The smallest absolute Gasteiger partial charge is 0.368 e. The average molecular weight is 382 g/mol. The number of amides is 1. The molecule has 2 heterocycles. The highest BCUT2D eigenvalue weighted by molar-refractivity contribution is 5.79. The van der Waals surface area contributed by atoms with Crippen LogP contribution in [0.2, 0.25) is 0 Å². The van der Waals surface area contributed by atoms with Crippen molar-refractivity contribution in [3.05, 3.63) is 35.7 Å². The molecule has 6 nitrogen and oxygen atoms in total. The number of nitrogens with zero attached hydrogens (tertiary/aromatic N) is 3. The third-order valence-electron chi connectivity index (χ3n) is 4.69. The molecule has 1 unspecified atom stereocenters. The van der Waals surface area contributed by atoms with Gasteiger partial charge in [-0.05, 0) is 44.5 Å². The van der Waals surface area contributed by atoms with E-state index in [1.54, 1.807) is 0 Å². The summed E-state index contributed by atoms with van der Waals surface area (Å²) in [5.41, 5.74) is 4.95. The summed E-state index contributed by atoms with van der Waals surface area (Å²) in [4.78, 5) is 17.8. The molecule has 0 aliphatic carbocycles. The SMILES string of the molecule is NC(=O)C1CCCCN1CCCc1nc(-c2cccc(C(F)(F)F)c2)no1. The van der Waals surface area contributed by atoms with E-state index in [9.17, 15) is 18.0 Å². The van der Waals surface area contributed by atoms with Crippen LogP contribution < -0.4 is 5.73 Å². The monoisotopic (exact) mass is 382 g/mol. The molecule has 0 saturated carbocycles. The van der Waals surface area contributed by atoms with Crippen LogP contribution >= 0.6 is 0 Å². The molecule has 1 fully saturated rings. The molecule has 1 amide bonds. The lowest BCUT2D eigenvalue weighted by atomic mass is 10.0. The first kappa shape index (κ1) is 19.3. The molecule has 27 heavy (non-hydrogen) atoms. The number of primary amides is 1. The minimum absolute atomic E-state index is 0.129. The number of likely N-dealkylation sites (tertiary alicyclic amines) is 1. The van der Waals surface area contributed by atoms with Gasteiger partial charge in [0.05, 0.1) is 11.6 Å². The quantitative estimate of drug-likeness (QED) is 0.830. The highest BCUT2D eigenvalue weighted by Crippen LogP contribution is 2.31. The average Bonchev–Trinajstić information content (AvgIpc) is 3.10. The van der Waals surface area contributed by atoms with Crippen molar-refractivity contribution >= 4 is 5.91 Å². The number of piperidine rings is 1. The maximum absolute atomic E-state index is 12.8. The second-order valence-electron chi connectivity index (χ2n) is 6.64. The molecule has 3 rings (SSSR count). The maximum Gasteiger partial charge on any atom is 0.416 e. The normalized spacial score (nSPS) is 18.6. The summed E-state index contributed by atoms with van der Waals surface area (Å²) in [7, 11) is 0. The van der Waals surface area contributed by atoms with Crippen molar-refractivity contribution in [2.45, 2.75) is 44.3 Å². The van der Waals surface area contributed by atoms with Gasteiger partial charge in [0.2, 0.25) is 17.6 Å². The van der Waals surface area contributed by atoms with Crippen LogP contribution in [0.3, 0.4) is 0 Å². The molecule has 1 aliphatic heterocycles. The zero-order valence-electron chi connectivity index (χ0n) is 14.7. The first-order chi connectivity index (χ1) is 12.8. The first-order valence-electron chi connectivity index (χ1n) is 8.88. The Hall–Kier alpha value is -2.42. The summed E-state index contributed by atoms with van der Waals surface area (Å²) in [5, 5.41) is 3.78. The molecule has 2 N–H and O–H groups in total. The number of rotatable bonds is 6. The molecule has 1 aromatic heterocycles. The number of hydrogen-bond donors (Lipinski definition) is 1. The van der Waals surface area contributed by atoms with Crippen molar-refractivity contribution in [1.29, 1.82) is 0 Å². The minimum Gasteiger partial charge on any atom is -0.368 e. The van der Waals surface area contributed by atoms with Gasteiger partial charge >= 0.3 is 6.18 Å². The van der Waals surface area contributed by atoms with Gasteiger partial charge in [-0.2, -0.15) is 18.2 Å². The second kappa shape index (κ2) is 8.08. The van der Waals surface area contributed by atoms with Crippen LogP contribution in [0.15, 0.2) is 28.8 Å². The van der Waals surface area contributed by atoms with E-state index in [-0.39, 0.29) is 23.3 Å². The summed E-state index contributed by atoms with van der Waals surface area (Å²) < 4.78 is 43.6. The molecule has 0 radical (unpaired) electrons. The fraction of sp³-hybridized carbons (Fsp3) is 0.500. The van der Waals surface area contributed by atoms with E-state index in [0.29, 0.717) is 25.3 Å². The van der Waals surface area contributed by atoms with E-state index in [2.05, 4.69) is 15.0 Å². The Labute approximate surface area is 154 Å². The van der Waals surface area contributed by atoms with Gasteiger partial charge < -0.3 is 10.3 Å². The Morgan fingerprint density at radius 1 is 1.33 bits per heavy atom. The van der Waals surface area contributed by atoms with Crippen LogP contribution in [-0.4, -0.2) is 40.1 Å². The topological polar surface area (TPSA) is 85.3 Å². The van der Waals surface area contributed by atoms with Crippen LogP contribution in [0.1, 0.15) is 37.1 Å². The fourth-order valence-corrected chi connectivity index (χ4v) is 3.32. The number of alkyl halides is 3. The van der Waals surface area contributed by atoms with E-state index in [1.165, 1.54) is 12.1 Å². The molecule has 1 saturated heterocycles. The summed E-state index contributed by atoms with van der Waals surface area (Å²) in [6, 6.07) is 4.59. The number of aromatic nitrogens is 2. The van der Waals surface area contributed by atoms with Crippen LogP contribution in [0.5, 0.6) is 0 Å². The largest absolute Gasteiger partial charge is 0.416 e. The van der Waals surface area contributed by atoms with Gasteiger partial charge in [-0.3, -0.25) is 9.69 Å².